The van der Waals surface area contributed by atoms with E-state index in [1.54, 1.807) is 6.07 Å². The molecule has 1 N–H and O–H groups in total. The molecule has 5 heteroatoms. The average Bonchev–Trinajstić information content (AvgIpc) is 3.15. The van der Waals surface area contributed by atoms with Crippen molar-refractivity contribution < 1.29 is 10.0 Å². The molecule has 3 aromatic carbocycles. The Morgan fingerprint density at radius 1 is 0.862 bits per heavy atom. The van der Waals surface area contributed by atoms with E-state index >= 15 is 0 Å². The van der Waals surface area contributed by atoms with Gasteiger partial charge in [0.2, 0.25) is 0 Å². The summed E-state index contributed by atoms with van der Waals surface area (Å²) in [6.07, 6.45) is 1.76. The summed E-state index contributed by atoms with van der Waals surface area (Å²) in [7, 11) is 0. The molecule has 4 aromatic rings. The zero-order chi connectivity index (χ0) is 20.0. The molecule has 0 aliphatic heterocycles. The van der Waals surface area contributed by atoms with Crippen LogP contribution in [0.1, 0.15) is 11.3 Å². The van der Waals surface area contributed by atoms with Crippen molar-refractivity contribution in [3.63, 3.8) is 0 Å². The fraction of sp³-hybridized carbons (Fsp3) is 0.0833. The number of nitro groups is 1. The molecule has 0 unspecified atom stereocenters. The van der Waals surface area contributed by atoms with Gasteiger partial charge in [-0.25, -0.2) is 0 Å². The largest absolute Gasteiger partial charge is 0.502 e. The number of aromatic nitrogens is 1. The first kappa shape index (κ1) is 17.3. The minimum atomic E-state index is -0.549. The lowest BCUT2D eigenvalue weighted by Crippen LogP contribution is -2.09. The third-order valence-electron chi connectivity index (χ3n) is 5.52. The van der Waals surface area contributed by atoms with Gasteiger partial charge in [0.25, 0.3) is 0 Å². The van der Waals surface area contributed by atoms with Gasteiger partial charge in [0.15, 0.2) is 5.75 Å². The highest BCUT2D eigenvalue weighted by atomic mass is 16.6. The maximum Gasteiger partial charge on any atom is 0.312 e. The predicted molar refractivity (Wildman–Crippen MR) is 112 cm³/mol. The number of hydrogen-bond donors (Lipinski definition) is 1. The third kappa shape index (κ3) is 2.79. The van der Waals surface area contributed by atoms with E-state index in [9.17, 15) is 15.2 Å². The zero-order valence-electron chi connectivity index (χ0n) is 15.6. The van der Waals surface area contributed by atoms with E-state index in [1.165, 1.54) is 23.3 Å². The Morgan fingerprint density at radius 2 is 1.62 bits per heavy atom. The summed E-state index contributed by atoms with van der Waals surface area (Å²) in [6, 6.07) is 25.1. The van der Waals surface area contributed by atoms with Crippen LogP contribution in [-0.2, 0) is 12.8 Å². The van der Waals surface area contributed by atoms with Gasteiger partial charge in [-0.3, -0.25) is 10.1 Å². The van der Waals surface area contributed by atoms with Crippen molar-refractivity contribution >= 4 is 5.69 Å². The van der Waals surface area contributed by atoms with Crippen LogP contribution in [0.3, 0.4) is 0 Å². The molecule has 1 heterocycles. The van der Waals surface area contributed by atoms with Crippen LogP contribution in [0.4, 0.5) is 5.69 Å². The maximum absolute atomic E-state index is 11.4. The van der Waals surface area contributed by atoms with Crippen LogP contribution >= 0.6 is 0 Å². The molecule has 1 aliphatic rings. The van der Waals surface area contributed by atoms with Gasteiger partial charge in [-0.2, -0.15) is 0 Å². The van der Waals surface area contributed by atoms with E-state index in [0.717, 1.165) is 35.4 Å². The molecular formula is C24H18N2O3. The summed E-state index contributed by atoms with van der Waals surface area (Å²) in [5.74, 6) is -0.327. The molecule has 29 heavy (non-hydrogen) atoms. The molecule has 1 aliphatic carbocycles. The minimum Gasteiger partial charge on any atom is -0.502 e. The van der Waals surface area contributed by atoms with E-state index in [0.29, 0.717) is 5.69 Å². The molecule has 0 amide bonds. The lowest BCUT2D eigenvalue weighted by Gasteiger charge is -2.20. The fourth-order valence-electron chi connectivity index (χ4n) is 4.20. The molecule has 0 saturated carbocycles. The van der Waals surface area contributed by atoms with Gasteiger partial charge in [0.05, 0.1) is 16.3 Å². The lowest BCUT2D eigenvalue weighted by molar-refractivity contribution is -0.385. The van der Waals surface area contributed by atoms with Crippen LogP contribution in [0, 0.1) is 10.1 Å². The summed E-state index contributed by atoms with van der Waals surface area (Å²) >= 11 is 0. The smallest absolute Gasteiger partial charge is 0.312 e. The van der Waals surface area contributed by atoms with Crippen molar-refractivity contribution in [1.82, 2.24) is 4.57 Å². The van der Waals surface area contributed by atoms with Crippen molar-refractivity contribution in [3.8, 4) is 33.8 Å². The van der Waals surface area contributed by atoms with E-state index in [2.05, 4.69) is 28.8 Å². The number of phenolic OH excluding ortho intramolecular Hbond substituents is 1. The number of hydrogen-bond acceptors (Lipinski definition) is 3. The summed E-state index contributed by atoms with van der Waals surface area (Å²) in [5.41, 5.74) is 7.20. The Hall–Kier alpha value is -3.86. The van der Waals surface area contributed by atoms with Crippen LogP contribution in [-0.4, -0.2) is 14.6 Å². The molecule has 0 fully saturated rings. The van der Waals surface area contributed by atoms with Crippen LogP contribution in [0.15, 0.2) is 78.9 Å². The highest BCUT2D eigenvalue weighted by Crippen LogP contribution is 2.41. The molecule has 5 nitrogen and oxygen atoms in total. The molecule has 0 atom stereocenters. The molecule has 0 radical (unpaired) electrons. The fourth-order valence-corrected chi connectivity index (χ4v) is 4.20. The van der Waals surface area contributed by atoms with Gasteiger partial charge < -0.3 is 9.67 Å². The number of aromatic hydroxyl groups is 1. The number of nitro benzene ring substituents is 1. The second kappa shape index (κ2) is 6.63. The summed E-state index contributed by atoms with van der Waals surface area (Å²) in [6.45, 7) is 0. The van der Waals surface area contributed by atoms with Crippen LogP contribution in [0.2, 0.25) is 0 Å². The number of fused-ring (bicyclic) bond motifs is 3. The lowest BCUT2D eigenvalue weighted by atomic mass is 9.90. The van der Waals surface area contributed by atoms with Crippen molar-refractivity contribution in [1.29, 1.82) is 0 Å². The Bertz CT molecular complexity index is 1240. The van der Waals surface area contributed by atoms with Crippen LogP contribution in [0.25, 0.3) is 28.1 Å². The van der Waals surface area contributed by atoms with Crippen molar-refractivity contribution in [3.05, 3.63) is 100 Å². The van der Waals surface area contributed by atoms with E-state index in [1.807, 2.05) is 36.4 Å². The van der Waals surface area contributed by atoms with Crippen LogP contribution < -0.4 is 0 Å². The number of benzene rings is 3. The molecule has 0 saturated heterocycles. The van der Waals surface area contributed by atoms with Gasteiger partial charge >= 0.3 is 5.69 Å². The Morgan fingerprint density at radius 3 is 2.41 bits per heavy atom. The number of rotatable bonds is 3. The first-order valence-electron chi connectivity index (χ1n) is 9.49. The molecule has 1 aromatic heterocycles. The minimum absolute atomic E-state index is 0.292. The highest BCUT2D eigenvalue weighted by molar-refractivity contribution is 5.80. The van der Waals surface area contributed by atoms with Crippen molar-refractivity contribution in [2.24, 2.45) is 0 Å². The quantitative estimate of drug-likeness (QED) is 0.374. The van der Waals surface area contributed by atoms with Gasteiger partial charge in [-0.05, 0) is 47.7 Å². The summed E-state index contributed by atoms with van der Waals surface area (Å²) < 4.78 is 2.09. The SMILES string of the molecule is O=[N+]([O-])c1cc(-n2c(-c3ccccc3)cc3c2CCc2ccccc2-3)ccc1O. The molecule has 0 bridgehead atoms. The zero-order valence-corrected chi connectivity index (χ0v) is 15.6. The topological polar surface area (TPSA) is 68.3 Å². The van der Waals surface area contributed by atoms with Crippen molar-refractivity contribution in [2.45, 2.75) is 12.8 Å². The second-order valence-corrected chi connectivity index (χ2v) is 7.18. The summed E-state index contributed by atoms with van der Waals surface area (Å²) in [5, 5.41) is 21.3. The van der Waals surface area contributed by atoms with E-state index < -0.39 is 4.92 Å². The molecule has 142 valence electrons. The van der Waals surface area contributed by atoms with E-state index in [4.69, 9.17) is 0 Å². The third-order valence-corrected chi connectivity index (χ3v) is 5.52. The highest BCUT2D eigenvalue weighted by Gasteiger charge is 2.25. The Kier molecular flexibility index (Phi) is 3.95. The standard InChI is InChI=1S/C24H18N2O3/c27-24-13-11-18(14-23(24)26(28)29)25-21-12-10-16-6-4-5-9-19(16)20(21)15-22(25)17-7-2-1-3-8-17/h1-9,11,13-15,27H,10,12H2. The monoisotopic (exact) mass is 382 g/mol. The average molecular weight is 382 g/mol. The number of nitrogens with zero attached hydrogens (tertiary/aromatic N) is 2. The van der Waals surface area contributed by atoms with Gasteiger partial charge in [0.1, 0.15) is 0 Å². The number of aryl methyl sites for hydroxylation is 1. The van der Waals surface area contributed by atoms with Gasteiger partial charge in [-0.15, -0.1) is 0 Å². The van der Waals surface area contributed by atoms with Gasteiger partial charge in [0, 0.05) is 17.3 Å². The maximum atomic E-state index is 11.4. The first-order valence-corrected chi connectivity index (χ1v) is 9.49. The number of phenols is 1. The second-order valence-electron chi connectivity index (χ2n) is 7.18. The Labute approximate surface area is 167 Å². The normalized spacial score (nSPS) is 12.3. The molecule has 5 rings (SSSR count). The molecular weight excluding hydrogens is 364 g/mol. The summed E-state index contributed by atoms with van der Waals surface area (Å²) in [4.78, 5) is 10.8. The molecule has 0 spiro atoms. The van der Waals surface area contributed by atoms with E-state index in [-0.39, 0.29) is 11.4 Å². The first-order chi connectivity index (χ1) is 14.1. The van der Waals surface area contributed by atoms with Crippen LogP contribution in [0.5, 0.6) is 5.75 Å². The Balaban J connectivity index is 1.81. The predicted octanol–water partition coefficient (Wildman–Crippen LogP) is 5.52. The van der Waals surface area contributed by atoms with Crippen molar-refractivity contribution in [2.75, 3.05) is 0 Å². The van der Waals surface area contributed by atoms with Gasteiger partial charge in [-0.1, -0.05) is 54.6 Å².